The zero-order valence-corrected chi connectivity index (χ0v) is 17.5. The number of rotatable bonds is 6. The lowest BCUT2D eigenvalue weighted by molar-refractivity contribution is -0.123. The summed E-state index contributed by atoms with van der Waals surface area (Å²) in [5.41, 5.74) is 1.33. The number of nitrogens with one attached hydrogen (secondary N) is 1. The maximum Gasteiger partial charge on any atom is 0.266 e. The number of hydrogen-bond acceptors (Lipinski definition) is 5. The number of nitrogens with zero attached hydrogens (tertiary/aromatic N) is 1. The summed E-state index contributed by atoms with van der Waals surface area (Å²) in [6.07, 6.45) is 1.78. The molecule has 1 fully saturated rings. The highest BCUT2D eigenvalue weighted by molar-refractivity contribution is 8.26. The monoisotopic (exact) mass is 430 g/mol. The second-order valence-electron chi connectivity index (χ2n) is 6.56. The van der Waals surface area contributed by atoms with Crippen molar-refractivity contribution in [2.45, 2.75) is 19.9 Å². The minimum atomic E-state index is -0.370. The van der Waals surface area contributed by atoms with Crippen LogP contribution in [0.1, 0.15) is 19.4 Å². The highest BCUT2D eigenvalue weighted by Gasteiger charge is 2.33. The Morgan fingerprint density at radius 1 is 1.21 bits per heavy atom. The second-order valence-corrected chi connectivity index (χ2v) is 8.23. The third-order valence-electron chi connectivity index (χ3n) is 4.02. The molecular formula is C21H19FN2O3S2. The van der Waals surface area contributed by atoms with E-state index in [4.69, 9.17) is 17.0 Å². The lowest BCUT2D eigenvalue weighted by atomic mass is 10.2. The van der Waals surface area contributed by atoms with E-state index in [0.717, 1.165) is 5.56 Å². The molecule has 0 radical (unpaired) electrons. The lowest BCUT2D eigenvalue weighted by Gasteiger charge is -2.18. The summed E-state index contributed by atoms with van der Waals surface area (Å²) >= 11 is 6.56. The number of amides is 2. The quantitative estimate of drug-likeness (QED) is 0.542. The first-order valence-corrected chi connectivity index (χ1v) is 10.1. The van der Waals surface area contributed by atoms with Crippen molar-refractivity contribution in [2.75, 3.05) is 11.9 Å². The van der Waals surface area contributed by atoms with Crippen LogP contribution in [0.15, 0.2) is 53.4 Å². The number of carbonyl (C=O) groups excluding carboxylic acids is 2. The van der Waals surface area contributed by atoms with Gasteiger partial charge in [-0.15, -0.1) is 0 Å². The van der Waals surface area contributed by atoms with Gasteiger partial charge in [-0.05, 0) is 61.9 Å². The van der Waals surface area contributed by atoms with Crippen molar-refractivity contribution in [1.29, 1.82) is 0 Å². The van der Waals surface area contributed by atoms with Crippen LogP contribution in [0.5, 0.6) is 5.75 Å². The Balaban J connectivity index is 1.56. The Bertz CT molecular complexity index is 957. The summed E-state index contributed by atoms with van der Waals surface area (Å²) in [5.74, 6) is -0.289. The molecule has 0 aromatic heterocycles. The minimum absolute atomic E-state index is 0.0187. The molecule has 1 saturated heterocycles. The maximum absolute atomic E-state index is 12.9. The van der Waals surface area contributed by atoms with Gasteiger partial charge in [-0.1, -0.05) is 36.1 Å². The Morgan fingerprint density at radius 3 is 2.45 bits per heavy atom. The van der Waals surface area contributed by atoms with E-state index in [1.54, 1.807) is 35.2 Å². The van der Waals surface area contributed by atoms with Gasteiger partial charge in [0.15, 0.2) is 6.61 Å². The van der Waals surface area contributed by atoms with Gasteiger partial charge in [0.1, 0.15) is 15.9 Å². The molecule has 0 saturated carbocycles. The maximum atomic E-state index is 12.9. The fourth-order valence-corrected chi connectivity index (χ4v) is 4.14. The van der Waals surface area contributed by atoms with E-state index in [1.165, 1.54) is 36.0 Å². The molecule has 1 aliphatic rings. The number of thiocarbonyl (C=S) groups is 1. The summed E-state index contributed by atoms with van der Waals surface area (Å²) < 4.78 is 18.9. The van der Waals surface area contributed by atoms with Gasteiger partial charge in [-0.2, -0.15) is 0 Å². The minimum Gasteiger partial charge on any atom is -0.484 e. The number of ether oxygens (including phenoxy) is 1. The molecule has 1 N–H and O–H groups in total. The molecule has 2 aromatic carbocycles. The van der Waals surface area contributed by atoms with Crippen molar-refractivity contribution in [3.05, 3.63) is 64.8 Å². The highest BCUT2D eigenvalue weighted by atomic mass is 32.2. The molecule has 1 heterocycles. The van der Waals surface area contributed by atoms with Crippen LogP contribution in [-0.4, -0.2) is 33.7 Å². The normalized spacial score (nSPS) is 15.3. The molecule has 2 aromatic rings. The first-order chi connectivity index (χ1) is 13.8. The van der Waals surface area contributed by atoms with Crippen molar-refractivity contribution >= 4 is 51.9 Å². The van der Waals surface area contributed by atoms with Crippen LogP contribution in [0.25, 0.3) is 6.08 Å². The largest absolute Gasteiger partial charge is 0.484 e. The number of anilines is 1. The van der Waals surface area contributed by atoms with Gasteiger partial charge in [-0.25, -0.2) is 4.39 Å². The van der Waals surface area contributed by atoms with E-state index in [1.807, 2.05) is 13.8 Å². The first kappa shape index (κ1) is 21.0. The zero-order valence-electron chi connectivity index (χ0n) is 15.8. The van der Waals surface area contributed by atoms with Gasteiger partial charge in [0, 0.05) is 11.7 Å². The molecule has 0 unspecified atom stereocenters. The van der Waals surface area contributed by atoms with Crippen LogP contribution in [0, 0.1) is 5.82 Å². The molecule has 150 valence electrons. The molecule has 8 heteroatoms. The molecule has 1 aliphatic heterocycles. The molecule has 2 amide bonds. The third kappa shape index (κ3) is 5.42. The number of benzene rings is 2. The predicted molar refractivity (Wildman–Crippen MR) is 117 cm³/mol. The number of halogens is 1. The average Bonchev–Trinajstić information content (AvgIpc) is 2.96. The standard InChI is InChI=1S/C21H19FN2O3S2/c1-13(2)24-20(26)18(29-21(24)28)11-14-3-9-17(10-4-14)27-12-19(25)23-16-7-5-15(22)6-8-16/h3-11,13H,12H2,1-2H3,(H,23,25)/b18-11-. The molecule has 5 nitrogen and oxygen atoms in total. The summed E-state index contributed by atoms with van der Waals surface area (Å²) in [6, 6.07) is 12.6. The third-order valence-corrected chi connectivity index (χ3v) is 5.35. The second kappa shape index (κ2) is 9.19. The zero-order chi connectivity index (χ0) is 21.0. The molecule has 0 bridgehead atoms. The van der Waals surface area contributed by atoms with Crippen molar-refractivity contribution in [3.8, 4) is 5.75 Å². The van der Waals surface area contributed by atoms with E-state index in [9.17, 15) is 14.0 Å². The van der Waals surface area contributed by atoms with Gasteiger partial charge in [-0.3, -0.25) is 14.5 Å². The van der Waals surface area contributed by atoms with Gasteiger partial charge < -0.3 is 10.1 Å². The van der Waals surface area contributed by atoms with Crippen molar-refractivity contribution in [3.63, 3.8) is 0 Å². The van der Waals surface area contributed by atoms with Crippen LogP contribution in [-0.2, 0) is 9.59 Å². The summed E-state index contributed by atoms with van der Waals surface area (Å²) in [7, 11) is 0. The Hall–Kier alpha value is -2.71. The van der Waals surface area contributed by atoms with Gasteiger partial charge in [0.2, 0.25) is 0 Å². The van der Waals surface area contributed by atoms with Crippen LogP contribution >= 0.6 is 24.0 Å². The van der Waals surface area contributed by atoms with Crippen LogP contribution < -0.4 is 10.1 Å². The fourth-order valence-electron chi connectivity index (χ4n) is 2.62. The van der Waals surface area contributed by atoms with Gasteiger partial charge in [0.05, 0.1) is 4.91 Å². The van der Waals surface area contributed by atoms with Crippen molar-refractivity contribution in [2.24, 2.45) is 0 Å². The van der Waals surface area contributed by atoms with Crippen molar-refractivity contribution < 1.29 is 18.7 Å². The first-order valence-electron chi connectivity index (χ1n) is 8.89. The lowest BCUT2D eigenvalue weighted by Crippen LogP contribution is -2.34. The van der Waals surface area contributed by atoms with Crippen LogP contribution in [0.4, 0.5) is 10.1 Å². The predicted octanol–water partition coefficient (Wildman–Crippen LogP) is 4.45. The Kier molecular flexibility index (Phi) is 6.66. The van der Waals surface area contributed by atoms with Crippen LogP contribution in [0.2, 0.25) is 0 Å². The van der Waals surface area contributed by atoms with E-state index >= 15 is 0 Å². The SMILES string of the molecule is CC(C)N1C(=O)/C(=C/c2ccc(OCC(=O)Nc3ccc(F)cc3)cc2)SC1=S. The molecule has 0 atom stereocenters. The molecule has 3 rings (SSSR count). The van der Waals surface area contributed by atoms with E-state index < -0.39 is 0 Å². The molecule has 0 aliphatic carbocycles. The summed E-state index contributed by atoms with van der Waals surface area (Å²) in [4.78, 5) is 26.5. The molecule has 0 spiro atoms. The Labute approximate surface area is 177 Å². The average molecular weight is 431 g/mol. The van der Waals surface area contributed by atoms with E-state index in [2.05, 4.69) is 5.32 Å². The van der Waals surface area contributed by atoms with E-state index in [0.29, 0.717) is 20.7 Å². The molecular weight excluding hydrogens is 411 g/mol. The smallest absolute Gasteiger partial charge is 0.266 e. The van der Waals surface area contributed by atoms with E-state index in [-0.39, 0.29) is 30.3 Å². The Morgan fingerprint density at radius 2 is 1.86 bits per heavy atom. The van der Waals surface area contributed by atoms with Gasteiger partial charge in [0.25, 0.3) is 11.8 Å². The van der Waals surface area contributed by atoms with Crippen LogP contribution in [0.3, 0.4) is 0 Å². The number of thioether (sulfide) groups is 1. The molecule has 29 heavy (non-hydrogen) atoms. The number of hydrogen-bond donors (Lipinski definition) is 1. The fraction of sp³-hybridized carbons (Fsp3) is 0.190. The van der Waals surface area contributed by atoms with Gasteiger partial charge >= 0.3 is 0 Å². The number of carbonyl (C=O) groups is 2. The summed E-state index contributed by atoms with van der Waals surface area (Å²) in [6.45, 7) is 3.67. The topological polar surface area (TPSA) is 58.6 Å². The van der Waals surface area contributed by atoms with Crippen molar-refractivity contribution in [1.82, 2.24) is 4.90 Å². The highest BCUT2D eigenvalue weighted by Crippen LogP contribution is 2.33. The summed E-state index contributed by atoms with van der Waals surface area (Å²) in [5, 5.41) is 2.62.